The van der Waals surface area contributed by atoms with Crippen LogP contribution in [0.4, 0.5) is 17.5 Å². The first kappa shape index (κ1) is 16.9. The minimum absolute atomic E-state index is 0.260. The van der Waals surface area contributed by atoms with Crippen molar-refractivity contribution in [2.75, 3.05) is 24.0 Å². The summed E-state index contributed by atoms with van der Waals surface area (Å²) in [6, 6.07) is 13.5. The van der Waals surface area contributed by atoms with Gasteiger partial charge in [-0.15, -0.1) is 5.10 Å². The molecule has 0 saturated heterocycles. The number of hydrogen-bond donors (Lipinski definition) is 2. The number of nitrogens with one attached hydrogen (secondary N) is 2. The van der Waals surface area contributed by atoms with Crippen LogP contribution in [0.3, 0.4) is 0 Å². The first-order chi connectivity index (χ1) is 13.3. The first-order valence-corrected chi connectivity index (χ1v) is 8.63. The molecule has 1 aliphatic rings. The molecule has 1 aromatic heterocycles. The fraction of sp³-hybridized carbons (Fsp3) is 0.211. The molecule has 138 valence electrons. The van der Waals surface area contributed by atoms with Crippen molar-refractivity contribution in [2.24, 2.45) is 0 Å². The zero-order valence-corrected chi connectivity index (χ0v) is 14.8. The minimum atomic E-state index is 0.260. The Morgan fingerprint density at radius 1 is 1.11 bits per heavy atom. The molecule has 8 nitrogen and oxygen atoms in total. The number of benzene rings is 2. The van der Waals surface area contributed by atoms with Gasteiger partial charge in [0.2, 0.25) is 12.7 Å². The molecule has 0 fully saturated rings. The van der Waals surface area contributed by atoms with Gasteiger partial charge in [-0.2, -0.15) is 10.1 Å². The molecule has 2 N–H and O–H groups in total. The Morgan fingerprint density at radius 3 is 2.93 bits per heavy atom. The third-order valence-electron chi connectivity index (χ3n) is 3.90. The maximum Gasteiger partial charge on any atom is 0.244 e. The van der Waals surface area contributed by atoms with Crippen molar-refractivity contribution in [1.82, 2.24) is 15.2 Å². The molecule has 27 heavy (non-hydrogen) atoms. The van der Waals surface area contributed by atoms with Gasteiger partial charge in [0, 0.05) is 6.54 Å². The first-order valence-electron chi connectivity index (χ1n) is 8.63. The second-order valence-electron chi connectivity index (χ2n) is 5.76. The van der Waals surface area contributed by atoms with Gasteiger partial charge in [-0.3, -0.25) is 0 Å². The van der Waals surface area contributed by atoms with Gasteiger partial charge in [0.1, 0.15) is 5.75 Å². The molecule has 2 aromatic carbocycles. The Balaban J connectivity index is 1.43. The number of fused-ring (bicyclic) bond motifs is 1. The monoisotopic (exact) mass is 365 g/mol. The van der Waals surface area contributed by atoms with Crippen molar-refractivity contribution < 1.29 is 14.2 Å². The van der Waals surface area contributed by atoms with E-state index in [2.05, 4.69) is 25.8 Å². The molecular weight excluding hydrogens is 346 g/mol. The van der Waals surface area contributed by atoms with Gasteiger partial charge in [0.25, 0.3) is 0 Å². The molecule has 0 bridgehead atoms. The summed E-state index contributed by atoms with van der Waals surface area (Å²) in [5.41, 5.74) is 1.85. The molecular formula is C19H19N5O3. The van der Waals surface area contributed by atoms with E-state index in [0.717, 1.165) is 28.5 Å². The number of hydrogen-bond acceptors (Lipinski definition) is 8. The van der Waals surface area contributed by atoms with E-state index in [1.807, 2.05) is 49.4 Å². The van der Waals surface area contributed by atoms with Gasteiger partial charge in [0.15, 0.2) is 17.3 Å². The lowest BCUT2D eigenvalue weighted by Crippen LogP contribution is -2.07. The zero-order valence-electron chi connectivity index (χ0n) is 14.8. The Bertz CT molecular complexity index is 935. The van der Waals surface area contributed by atoms with Crippen molar-refractivity contribution in [3.8, 4) is 17.2 Å². The van der Waals surface area contributed by atoms with E-state index in [0.29, 0.717) is 24.9 Å². The highest BCUT2D eigenvalue weighted by atomic mass is 16.7. The number of ether oxygens (including phenoxy) is 3. The van der Waals surface area contributed by atoms with Gasteiger partial charge in [-0.05, 0) is 36.8 Å². The molecule has 0 aliphatic carbocycles. The summed E-state index contributed by atoms with van der Waals surface area (Å²) in [5, 5.41) is 14.4. The van der Waals surface area contributed by atoms with Crippen LogP contribution in [0, 0.1) is 0 Å². The predicted molar refractivity (Wildman–Crippen MR) is 101 cm³/mol. The highest BCUT2D eigenvalue weighted by molar-refractivity contribution is 5.64. The molecule has 2 heterocycles. The molecule has 3 aromatic rings. The summed E-state index contributed by atoms with van der Waals surface area (Å²) in [6.07, 6.45) is 1.56. The standard InChI is InChI=1S/C19H19N5O3/c1-2-25-15-6-4-3-5-14(15)22-18-11-21-24-19(23-18)20-10-13-7-8-16-17(9-13)27-12-26-16/h3-9,11H,2,10,12H2,1H3,(H2,20,22,23,24). The Kier molecular flexibility index (Phi) is 4.86. The van der Waals surface area contributed by atoms with Crippen LogP contribution >= 0.6 is 0 Å². The van der Waals surface area contributed by atoms with Crippen LogP contribution < -0.4 is 24.8 Å². The van der Waals surface area contributed by atoms with Gasteiger partial charge >= 0.3 is 0 Å². The largest absolute Gasteiger partial charge is 0.492 e. The van der Waals surface area contributed by atoms with E-state index in [9.17, 15) is 0 Å². The summed E-state index contributed by atoms with van der Waals surface area (Å²) in [6.45, 7) is 3.33. The summed E-state index contributed by atoms with van der Waals surface area (Å²) in [4.78, 5) is 4.45. The topological polar surface area (TPSA) is 90.4 Å². The lowest BCUT2D eigenvalue weighted by molar-refractivity contribution is 0.174. The van der Waals surface area contributed by atoms with Crippen LogP contribution in [0.2, 0.25) is 0 Å². The van der Waals surface area contributed by atoms with E-state index in [1.54, 1.807) is 6.20 Å². The van der Waals surface area contributed by atoms with Crippen LogP contribution in [-0.4, -0.2) is 28.6 Å². The van der Waals surface area contributed by atoms with E-state index in [4.69, 9.17) is 14.2 Å². The van der Waals surface area contributed by atoms with Gasteiger partial charge in [-0.25, -0.2) is 0 Å². The predicted octanol–water partition coefficient (Wildman–Crippen LogP) is 3.35. The SMILES string of the molecule is CCOc1ccccc1Nc1cnnc(NCc2ccc3c(c2)OCO3)n1. The van der Waals surface area contributed by atoms with Gasteiger partial charge in [0.05, 0.1) is 18.5 Å². The Hall–Kier alpha value is -3.55. The lowest BCUT2D eigenvalue weighted by atomic mass is 10.2. The van der Waals surface area contributed by atoms with Crippen molar-refractivity contribution in [3.63, 3.8) is 0 Å². The van der Waals surface area contributed by atoms with Crippen LogP contribution in [0.15, 0.2) is 48.7 Å². The van der Waals surface area contributed by atoms with E-state index in [-0.39, 0.29) is 6.79 Å². The number of aromatic nitrogens is 3. The van der Waals surface area contributed by atoms with Crippen molar-refractivity contribution in [2.45, 2.75) is 13.5 Å². The molecule has 0 saturated carbocycles. The van der Waals surface area contributed by atoms with Crippen molar-refractivity contribution in [1.29, 1.82) is 0 Å². The number of nitrogens with zero attached hydrogens (tertiary/aromatic N) is 3. The van der Waals surface area contributed by atoms with E-state index in [1.165, 1.54) is 0 Å². The second kappa shape index (κ2) is 7.77. The van der Waals surface area contributed by atoms with Crippen LogP contribution in [0.25, 0.3) is 0 Å². The number of para-hydroxylation sites is 2. The van der Waals surface area contributed by atoms with Crippen LogP contribution in [0.5, 0.6) is 17.2 Å². The molecule has 1 aliphatic heterocycles. The van der Waals surface area contributed by atoms with Crippen molar-refractivity contribution >= 4 is 17.5 Å². The maximum atomic E-state index is 5.62. The molecule has 0 spiro atoms. The van der Waals surface area contributed by atoms with E-state index >= 15 is 0 Å². The summed E-state index contributed by atoms with van der Waals surface area (Å²) in [7, 11) is 0. The van der Waals surface area contributed by atoms with Crippen molar-refractivity contribution in [3.05, 3.63) is 54.2 Å². The molecule has 0 unspecified atom stereocenters. The maximum absolute atomic E-state index is 5.62. The molecule has 0 amide bonds. The normalized spacial score (nSPS) is 11.9. The average Bonchev–Trinajstić information content (AvgIpc) is 3.16. The Labute approximate surface area is 156 Å². The second-order valence-corrected chi connectivity index (χ2v) is 5.76. The summed E-state index contributed by atoms with van der Waals surface area (Å²) < 4.78 is 16.3. The summed E-state index contributed by atoms with van der Waals surface area (Å²) >= 11 is 0. The van der Waals surface area contributed by atoms with Gasteiger partial charge < -0.3 is 24.8 Å². The van der Waals surface area contributed by atoms with Crippen LogP contribution in [-0.2, 0) is 6.54 Å². The molecule has 8 heteroatoms. The average molecular weight is 365 g/mol. The fourth-order valence-electron chi connectivity index (χ4n) is 2.66. The highest BCUT2D eigenvalue weighted by Crippen LogP contribution is 2.32. The quantitative estimate of drug-likeness (QED) is 0.659. The number of rotatable bonds is 7. The molecule has 0 radical (unpaired) electrons. The van der Waals surface area contributed by atoms with Crippen LogP contribution in [0.1, 0.15) is 12.5 Å². The highest BCUT2D eigenvalue weighted by Gasteiger charge is 2.13. The minimum Gasteiger partial charge on any atom is -0.492 e. The lowest BCUT2D eigenvalue weighted by Gasteiger charge is -2.12. The molecule has 4 rings (SSSR count). The third kappa shape index (κ3) is 4.00. The zero-order chi connectivity index (χ0) is 18.5. The van der Waals surface area contributed by atoms with E-state index < -0.39 is 0 Å². The smallest absolute Gasteiger partial charge is 0.244 e. The number of anilines is 3. The Morgan fingerprint density at radius 2 is 2.00 bits per heavy atom. The molecule has 0 atom stereocenters. The van der Waals surface area contributed by atoms with Gasteiger partial charge in [-0.1, -0.05) is 18.2 Å². The third-order valence-corrected chi connectivity index (χ3v) is 3.90. The summed E-state index contributed by atoms with van der Waals surface area (Å²) in [5.74, 6) is 3.26. The fourth-order valence-corrected chi connectivity index (χ4v) is 2.66.